The van der Waals surface area contributed by atoms with E-state index in [0.717, 1.165) is 23.8 Å². The van der Waals surface area contributed by atoms with Crippen LogP contribution in [0.4, 0.5) is 0 Å². The monoisotopic (exact) mass is 295 g/mol. The number of aryl methyl sites for hydroxylation is 1. The summed E-state index contributed by atoms with van der Waals surface area (Å²) in [5.74, 6) is 1.55. The van der Waals surface area contributed by atoms with E-state index in [0.29, 0.717) is 17.7 Å². The van der Waals surface area contributed by atoms with Gasteiger partial charge in [-0.3, -0.25) is 0 Å². The smallest absolute Gasteiger partial charge is 0.137 e. The second-order valence-corrected chi connectivity index (χ2v) is 6.21. The van der Waals surface area contributed by atoms with Gasteiger partial charge in [-0.2, -0.15) is 0 Å². The fourth-order valence-corrected chi connectivity index (χ4v) is 3.35. The highest BCUT2D eigenvalue weighted by Gasteiger charge is 2.23. The third-order valence-corrected chi connectivity index (χ3v) is 4.49. The molecule has 0 spiro atoms. The number of rotatable bonds is 6. The third kappa shape index (κ3) is 4.39. The lowest BCUT2D eigenvalue weighted by molar-refractivity contribution is 0.187. The summed E-state index contributed by atoms with van der Waals surface area (Å²) in [5, 5.41) is 4.30. The van der Waals surface area contributed by atoms with Gasteiger partial charge in [-0.25, -0.2) is 0 Å². The van der Waals surface area contributed by atoms with Crippen molar-refractivity contribution >= 4 is 11.6 Å². The predicted molar refractivity (Wildman–Crippen MR) is 85.7 cm³/mol. The lowest BCUT2D eigenvalue weighted by atomic mass is 9.84. The SMILES string of the molecule is CCNC(COc1ccc(C)cc1Cl)C1CCCCC1. The molecule has 0 aromatic heterocycles. The van der Waals surface area contributed by atoms with E-state index in [-0.39, 0.29) is 0 Å². The van der Waals surface area contributed by atoms with Crippen LogP contribution < -0.4 is 10.1 Å². The molecule has 0 aliphatic heterocycles. The van der Waals surface area contributed by atoms with Crippen LogP contribution in [-0.4, -0.2) is 19.2 Å². The molecule has 112 valence electrons. The largest absolute Gasteiger partial charge is 0.490 e. The molecule has 3 heteroatoms. The van der Waals surface area contributed by atoms with Gasteiger partial charge in [-0.15, -0.1) is 0 Å². The van der Waals surface area contributed by atoms with Crippen LogP contribution in [0.3, 0.4) is 0 Å². The van der Waals surface area contributed by atoms with Gasteiger partial charge in [-0.05, 0) is 49.9 Å². The molecule has 1 aliphatic rings. The molecule has 0 saturated heterocycles. The zero-order valence-electron chi connectivity index (χ0n) is 12.6. The van der Waals surface area contributed by atoms with Crippen molar-refractivity contribution < 1.29 is 4.74 Å². The molecule has 1 fully saturated rings. The summed E-state index contributed by atoms with van der Waals surface area (Å²) in [6.45, 7) is 5.90. The molecule has 0 heterocycles. The average Bonchev–Trinajstić information content (AvgIpc) is 2.46. The van der Waals surface area contributed by atoms with Crippen molar-refractivity contribution in [2.24, 2.45) is 5.92 Å². The molecule has 1 aromatic rings. The average molecular weight is 296 g/mol. The van der Waals surface area contributed by atoms with Crippen LogP contribution in [0.15, 0.2) is 18.2 Å². The van der Waals surface area contributed by atoms with Crippen LogP contribution in [0.2, 0.25) is 5.02 Å². The molecule has 0 radical (unpaired) electrons. The minimum absolute atomic E-state index is 0.442. The molecule has 1 aliphatic carbocycles. The van der Waals surface area contributed by atoms with E-state index in [9.17, 15) is 0 Å². The highest BCUT2D eigenvalue weighted by Crippen LogP contribution is 2.29. The molecule has 0 amide bonds. The van der Waals surface area contributed by atoms with E-state index in [4.69, 9.17) is 16.3 Å². The van der Waals surface area contributed by atoms with E-state index in [2.05, 4.69) is 12.2 Å². The van der Waals surface area contributed by atoms with E-state index >= 15 is 0 Å². The molecule has 2 rings (SSSR count). The van der Waals surface area contributed by atoms with Gasteiger partial charge in [0.1, 0.15) is 12.4 Å². The molecule has 1 aromatic carbocycles. The maximum Gasteiger partial charge on any atom is 0.137 e. The Morgan fingerprint density at radius 2 is 2.05 bits per heavy atom. The van der Waals surface area contributed by atoms with Gasteiger partial charge in [0.15, 0.2) is 0 Å². The number of ether oxygens (including phenoxy) is 1. The Bertz CT molecular complexity index is 415. The second kappa shape index (κ2) is 7.90. The second-order valence-electron chi connectivity index (χ2n) is 5.81. The van der Waals surface area contributed by atoms with Crippen LogP contribution >= 0.6 is 11.6 Å². The summed E-state index contributed by atoms with van der Waals surface area (Å²) in [5.41, 5.74) is 1.16. The van der Waals surface area contributed by atoms with Crippen molar-refractivity contribution in [3.63, 3.8) is 0 Å². The first-order chi connectivity index (χ1) is 9.70. The Kier molecular flexibility index (Phi) is 6.18. The van der Waals surface area contributed by atoms with Crippen molar-refractivity contribution in [2.75, 3.05) is 13.2 Å². The summed E-state index contributed by atoms with van der Waals surface area (Å²) >= 11 is 6.23. The summed E-state index contributed by atoms with van der Waals surface area (Å²) in [6.07, 6.45) is 6.75. The van der Waals surface area contributed by atoms with Crippen molar-refractivity contribution in [3.8, 4) is 5.75 Å². The van der Waals surface area contributed by atoms with Gasteiger partial charge >= 0.3 is 0 Å². The van der Waals surface area contributed by atoms with E-state index in [1.165, 1.54) is 32.1 Å². The standard InChI is InChI=1S/C17H26ClNO/c1-3-19-16(14-7-5-4-6-8-14)12-20-17-10-9-13(2)11-15(17)18/h9-11,14,16,19H,3-8,12H2,1-2H3. The Morgan fingerprint density at radius 1 is 1.30 bits per heavy atom. The Balaban J connectivity index is 1.93. The molecular weight excluding hydrogens is 270 g/mol. The molecule has 1 N–H and O–H groups in total. The number of halogens is 1. The first kappa shape index (κ1) is 15.7. The van der Waals surface area contributed by atoms with Gasteiger partial charge in [0, 0.05) is 6.04 Å². The number of nitrogens with one attached hydrogen (secondary N) is 1. The van der Waals surface area contributed by atoms with Gasteiger partial charge in [0.05, 0.1) is 5.02 Å². The van der Waals surface area contributed by atoms with E-state index < -0.39 is 0 Å². The summed E-state index contributed by atoms with van der Waals surface area (Å²) in [7, 11) is 0. The molecule has 1 saturated carbocycles. The van der Waals surface area contributed by atoms with Crippen molar-refractivity contribution in [1.29, 1.82) is 0 Å². The third-order valence-electron chi connectivity index (χ3n) is 4.19. The van der Waals surface area contributed by atoms with Crippen LogP contribution in [0.5, 0.6) is 5.75 Å². The summed E-state index contributed by atoms with van der Waals surface area (Å²) < 4.78 is 5.97. The van der Waals surface area contributed by atoms with Crippen LogP contribution in [-0.2, 0) is 0 Å². The molecular formula is C17H26ClNO. The number of hydrogen-bond donors (Lipinski definition) is 1. The maximum absolute atomic E-state index is 6.23. The zero-order chi connectivity index (χ0) is 14.4. The van der Waals surface area contributed by atoms with Crippen LogP contribution in [0.25, 0.3) is 0 Å². The van der Waals surface area contributed by atoms with Gasteiger partial charge in [-0.1, -0.05) is 43.9 Å². The van der Waals surface area contributed by atoms with Crippen molar-refractivity contribution in [1.82, 2.24) is 5.32 Å². The van der Waals surface area contributed by atoms with Crippen molar-refractivity contribution in [2.45, 2.75) is 52.0 Å². The molecule has 1 atom stereocenters. The number of likely N-dealkylation sites (N-methyl/N-ethyl adjacent to an activating group) is 1. The first-order valence-electron chi connectivity index (χ1n) is 7.83. The fourth-order valence-electron chi connectivity index (χ4n) is 3.06. The molecule has 1 unspecified atom stereocenters. The fraction of sp³-hybridized carbons (Fsp3) is 0.647. The van der Waals surface area contributed by atoms with E-state index in [1.807, 2.05) is 25.1 Å². The quantitative estimate of drug-likeness (QED) is 0.829. The Morgan fingerprint density at radius 3 is 2.70 bits per heavy atom. The first-order valence-corrected chi connectivity index (χ1v) is 8.21. The lowest BCUT2D eigenvalue weighted by Gasteiger charge is -2.30. The number of benzene rings is 1. The lowest BCUT2D eigenvalue weighted by Crippen LogP contribution is -2.41. The summed E-state index contributed by atoms with van der Waals surface area (Å²) in [4.78, 5) is 0. The minimum atomic E-state index is 0.442. The van der Waals surface area contributed by atoms with E-state index in [1.54, 1.807) is 0 Å². The maximum atomic E-state index is 6.23. The summed E-state index contributed by atoms with van der Waals surface area (Å²) in [6, 6.07) is 6.42. The van der Waals surface area contributed by atoms with Crippen molar-refractivity contribution in [3.05, 3.63) is 28.8 Å². The number of hydrogen-bond acceptors (Lipinski definition) is 2. The van der Waals surface area contributed by atoms with Gasteiger partial charge < -0.3 is 10.1 Å². The minimum Gasteiger partial charge on any atom is -0.490 e. The van der Waals surface area contributed by atoms with Gasteiger partial charge in [0.25, 0.3) is 0 Å². The topological polar surface area (TPSA) is 21.3 Å². The molecule has 0 bridgehead atoms. The van der Waals surface area contributed by atoms with Gasteiger partial charge in [0.2, 0.25) is 0 Å². The zero-order valence-corrected chi connectivity index (χ0v) is 13.4. The Hall–Kier alpha value is -0.730. The molecule has 20 heavy (non-hydrogen) atoms. The highest BCUT2D eigenvalue weighted by molar-refractivity contribution is 6.32. The normalized spacial score (nSPS) is 17.9. The van der Waals surface area contributed by atoms with Crippen LogP contribution in [0.1, 0.15) is 44.6 Å². The highest BCUT2D eigenvalue weighted by atomic mass is 35.5. The Labute approximate surface area is 127 Å². The molecule has 2 nitrogen and oxygen atoms in total. The predicted octanol–water partition coefficient (Wildman–Crippen LogP) is 4.59. The van der Waals surface area contributed by atoms with Crippen LogP contribution in [0, 0.1) is 12.8 Å².